The van der Waals surface area contributed by atoms with E-state index in [4.69, 9.17) is 9.47 Å². The molecule has 1 N–H and O–H groups in total. The first-order valence-electron chi connectivity index (χ1n) is 9.34. The molecular weight excluding hydrogens is 326 g/mol. The molecule has 2 atom stereocenters. The van der Waals surface area contributed by atoms with Crippen molar-refractivity contribution in [2.75, 3.05) is 27.3 Å². The quantitative estimate of drug-likeness (QED) is 0.786. The third-order valence-electron chi connectivity index (χ3n) is 4.94. The van der Waals surface area contributed by atoms with E-state index in [1.807, 2.05) is 19.2 Å². The van der Waals surface area contributed by atoms with E-state index in [0.717, 1.165) is 31.6 Å². The number of aliphatic hydroxyl groups excluding tert-OH is 1. The summed E-state index contributed by atoms with van der Waals surface area (Å²) in [5, 5.41) is 10.4. The van der Waals surface area contributed by atoms with Crippen molar-refractivity contribution >= 4 is 0 Å². The Bertz CT molecular complexity index is 686. The number of hydrogen-bond acceptors (Lipinski definition) is 4. The number of aryl methyl sites for hydroxylation is 1. The zero-order valence-electron chi connectivity index (χ0n) is 15.7. The minimum Gasteiger partial charge on any atom is -0.497 e. The van der Waals surface area contributed by atoms with E-state index in [9.17, 15) is 5.11 Å². The van der Waals surface area contributed by atoms with Crippen molar-refractivity contribution in [3.05, 3.63) is 65.2 Å². The number of fused-ring (bicyclic) bond motifs is 1. The van der Waals surface area contributed by atoms with Gasteiger partial charge in [0.25, 0.3) is 0 Å². The van der Waals surface area contributed by atoms with Crippen LogP contribution in [0, 0.1) is 0 Å². The molecule has 0 radical (unpaired) electrons. The van der Waals surface area contributed by atoms with Crippen LogP contribution < -0.4 is 4.74 Å². The second kappa shape index (κ2) is 9.17. The standard InChI is InChI=1S/C22H29NO3/c1-23(14-17-10-12-20(25-2)13-11-17)15-19(24)16-26-22-9-5-7-18-6-3-4-8-21(18)22/h3-4,6,8,10-13,19,22,24H,5,7,9,14-16H2,1-2H3/t19-,22-/m1/s1. The molecule has 0 saturated heterocycles. The van der Waals surface area contributed by atoms with E-state index < -0.39 is 6.10 Å². The molecule has 0 saturated carbocycles. The van der Waals surface area contributed by atoms with Crippen LogP contribution in [-0.4, -0.2) is 43.4 Å². The summed E-state index contributed by atoms with van der Waals surface area (Å²) >= 11 is 0. The molecule has 0 aliphatic heterocycles. The van der Waals surface area contributed by atoms with Crippen molar-refractivity contribution in [2.24, 2.45) is 0 Å². The summed E-state index contributed by atoms with van der Waals surface area (Å²) in [5.74, 6) is 0.859. The van der Waals surface area contributed by atoms with Gasteiger partial charge in [-0.05, 0) is 55.1 Å². The average Bonchev–Trinajstić information content (AvgIpc) is 2.67. The van der Waals surface area contributed by atoms with Crippen molar-refractivity contribution in [1.82, 2.24) is 4.90 Å². The molecule has 1 aliphatic rings. The summed E-state index contributed by atoms with van der Waals surface area (Å²) in [4.78, 5) is 2.12. The predicted octanol–water partition coefficient (Wildman–Crippen LogP) is 3.58. The van der Waals surface area contributed by atoms with Gasteiger partial charge in [-0.3, -0.25) is 4.90 Å². The maximum absolute atomic E-state index is 10.4. The minimum atomic E-state index is -0.493. The second-order valence-corrected chi connectivity index (χ2v) is 7.11. The van der Waals surface area contributed by atoms with Crippen LogP contribution in [0.5, 0.6) is 5.75 Å². The Morgan fingerprint density at radius 1 is 1.15 bits per heavy atom. The number of ether oxygens (including phenoxy) is 2. The monoisotopic (exact) mass is 355 g/mol. The summed E-state index contributed by atoms with van der Waals surface area (Å²) in [6.07, 6.45) is 2.93. The topological polar surface area (TPSA) is 41.9 Å². The third-order valence-corrected chi connectivity index (χ3v) is 4.94. The molecular formula is C22H29NO3. The summed E-state index contributed by atoms with van der Waals surface area (Å²) in [5.41, 5.74) is 3.87. The molecule has 0 heterocycles. The highest BCUT2D eigenvalue weighted by atomic mass is 16.5. The van der Waals surface area contributed by atoms with Gasteiger partial charge in [0.15, 0.2) is 0 Å². The van der Waals surface area contributed by atoms with Crippen molar-refractivity contribution < 1.29 is 14.6 Å². The first-order valence-corrected chi connectivity index (χ1v) is 9.34. The molecule has 4 heteroatoms. The van der Waals surface area contributed by atoms with Gasteiger partial charge in [-0.15, -0.1) is 0 Å². The third kappa shape index (κ3) is 5.07. The Balaban J connectivity index is 1.46. The van der Waals surface area contributed by atoms with Gasteiger partial charge in [0, 0.05) is 13.1 Å². The molecule has 26 heavy (non-hydrogen) atoms. The lowest BCUT2D eigenvalue weighted by Gasteiger charge is -2.27. The molecule has 0 aromatic heterocycles. The van der Waals surface area contributed by atoms with Crippen molar-refractivity contribution in [1.29, 1.82) is 0 Å². The van der Waals surface area contributed by atoms with Crippen LogP contribution in [-0.2, 0) is 17.7 Å². The van der Waals surface area contributed by atoms with Crippen LogP contribution in [0.25, 0.3) is 0 Å². The van der Waals surface area contributed by atoms with Crippen LogP contribution in [0.2, 0.25) is 0 Å². The number of likely N-dealkylation sites (N-methyl/N-ethyl adjacent to an activating group) is 1. The molecule has 140 valence electrons. The zero-order chi connectivity index (χ0) is 18.4. The van der Waals surface area contributed by atoms with E-state index in [1.54, 1.807) is 7.11 Å². The van der Waals surface area contributed by atoms with Gasteiger partial charge in [-0.1, -0.05) is 36.4 Å². The highest BCUT2D eigenvalue weighted by Crippen LogP contribution is 2.32. The van der Waals surface area contributed by atoms with Gasteiger partial charge in [0.1, 0.15) is 5.75 Å². The van der Waals surface area contributed by atoms with Crippen LogP contribution in [0.15, 0.2) is 48.5 Å². The predicted molar refractivity (Wildman–Crippen MR) is 103 cm³/mol. The normalized spacial score (nSPS) is 17.8. The first kappa shape index (κ1) is 18.9. The molecule has 1 aliphatic carbocycles. The molecule has 4 nitrogen and oxygen atoms in total. The Labute approximate surface area is 156 Å². The molecule has 0 unspecified atom stereocenters. The van der Waals surface area contributed by atoms with Crippen LogP contribution >= 0.6 is 0 Å². The molecule has 3 rings (SSSR count). The smallest absolute Gasteiger partial charge is 0.118 e. The largest absolute Gasteiger partial charge is 0.497 e. The lowest BCUT2D eigenvalue weighted by molar-refractivity contribution is -0.0265. The van der Waals surface area contributed by atoms with Crippen LogP contribution in [0.4, 0.5) is 0 Å². The number of methoxy groups -OCH3 is 1. The van der Waals surface area contributed by atoms with E-state index in [1.165, 1.54) is 16.7 Å². The van der Waals surface area contributed by atoms with Gasteiger partial charge < -0.3 is 14.6 Å². The molecule has 0 spiro atoms. The molecule has 0 fully saturated rings. The number of rotatable bonds is 8. The molecule has 2 aromatic rings. The van der Waals surface area contributed by atoms with Gasteiger partial charge >= 0.3 is 0 Å². The van der Waals surface area contributed by atoms with E-state index in [2.05, 4.69) is 41.3 Å². The Morgan fingerprint density at radius 3 is 2.69 bits per heavy atom. The molecule has 2 aromatic carbocycles. The maximum atomic E-state index is 10.4. The van der Waals surface area contributed by atoms with Crippen LogP contribution in [0.1, 0.15) is 35.6 Å². The summed E-state index contributed by atoms with van der Waals surface area (Å²) in [6.45, 7) is 1.74. The Kier molecular flexibility index (Phi) is 6.67. The summed E-state index contributed by atoms with van der Waals surface area (Å²) in [6, 6.07) is 16.5. The Morgan fingerprint density at radius 2 is 1.92 bits per heavy atom. The van der Waals surface area contributed by atoms with Gasteiger partial charge in [0.05, 0.1) is 25.9 Å². The van der Waals surface area contributed by atoms with Gasteiger partial charge in [0.2, 0.25) is 0 Å². The minimum absolute atomic E-state index is 0.112. The Hall–Kier alpha value is -1.88. The van der Waals surface area contributed by atoms with Crippen LogP contribution in [0.3, 0.4) is 0 Å². The highest BCUT2D eigenvalue weighted by molar-refractivity contribution is 5.31. The lowest BCUT2D eigenvalue weighted by Crippen LogP contribution is -2.32. The summed E-state index contributed by atoms with van der Waals surface area (Å²) in [7, 11) is 3.69. The zero-order valence-corrected chi connectivity index (χ0v) is 15.7. The van der Waals surface area contributed by atoms with Crippen molar-refractivity contribution in [2.45, 2.75) is 38.0 Å². The van der Waals surface area contributed by atoms with Crippen molar-refractivity contribution in [3.63, 3.8) is 0 Å². The maximum Gasteiger partial charge on any atom is 0.118 e. The highest BCUT2D eigenvalue weighted by Gasteiger charge is 2.21. The average molecular weight is 355 g/mol. The fourth-order valence-electron chi connectivity index (χ4n) is 3.63. The number of aliphatic hydroxyl groups is 1. The fraction of sp³-hybridized carbons (Fsp3) is 0.455. The number of hydrogen-bond donors (Lipinski definition) is 1. The number of benzene rings is 2. The van der Waals surface area contributed by atoms with E-state index in [0.29, 0.717) is 13.2 Å². The second-order valence-electron chi connectivity index (χ2n) is 7.11. The lowest BCUT2D eigenvalue weighted by atomic mass is 9.89. The SMILES string of the molecule is COc1ccc(CN(C)C[C@@H](O)CO[C@@H]2CCCc3ccccc32)cc1. The van der Waals surface area contributed by atoms with E-state index in [-0.39, 0.29) is 6.10 Å². The fourth-order valence-corrected chi connectivity index (χ4v) is 3.63. The van der Waals surface area contributed by atoms with E-state index >= 15 is 0 Å². The first-order chi connectivity index (χ1) is 12.7. The van der Waals surface area contributed by atoms with Gasteiger partial charge in [-0.25, -0.2) is 0 Å². The summed E-state index contributed by atoms with van der Waals surface area (Å²) < 4.78 is 11.2. The van der Waals surface area contributed by atoms with Crippen molar-refractivity contribution in [3.8, 4) is 5.75 Å². The molecule has 0 amide bonds. The van der Waals surface area contributed by atoms with Gasteiger partial charge in [-0.2, -0.15) is 0 Å². The molecule has 0 bridgehead atoms. The number of nitrogens with zero attached hydrogens (tertiary/aromatic N) is 1.